The third-order valence-electron chi connectivity index (χ3n) is 4.60. The Morgan fingerprint density at radius 3 is 2.73 bits per heavy atom. The number of amidine groups is 1. The quantitative estimate of drug-likeness (QED) is 0.306. The van der Waals surface area contributed by atoms with Crippen molar-refractivity contribution in [2.24, 2.45) is 16.1 Å². The number of benzene rings is 1. The van der Waals surface area contributed by atoms with Crippen LogP contribution in [-0.2, 0) is 20.9 Å². The zero-order valence-electron chi connectivity index (χ0n) is 18.4. The highest BCUT2D eigenvalue weighted by Gasteiger charge is 2.37. The van der Waals surface area contributed by atoms with Crippen LogP contribution in [0, 0.1) is 5.41 Å². The molecule has 164 valence electrons. The highest BCUT2D eigenvalue weighted by Crippen LogP contribution is 2.28. The second-order valence-electron chi connectivity index (χ2n) is 8.70. The molecule has 1 fully saturated rings. The second-order valence-corrected chi connectivity index (χ2v) is 8.70. The fourth-order valence-corrected chi connectivity index (χ4v) is 2.97. The van der Waals surface area contributed by atoms with Crippen LogP contribution in [0.1, 0.15) is 39.2 Å². The molecule has 1 aliphatic heterocycles. The van der Waals surface area contributed by atoms with Crippen molar-refractivity contribution >= 4 is 23.3 Å². The lowest BCUT2D eigenvalue weighted by atomic mass is 9.93. The van der Waals surface area contributed by atoms with Gasteiger partial charge in [-0.2, -0.15) is 4.99 Å². The van der Waals surface area contributed by atoms with Gasteiger partial charge in [0.15, 0.2) is 0 Å². The second kappa shape index (κ2) is 9.86. The van der Waals surface area contributed by atoms with Crippen LogP contribution in [0.5, 0.6) is 0 Å². The number of ether oxygens (including phenoxy) is 1. The predicted molar refractivity (Wildman–Crippen MR) is 117 cm³/mol. The van der Waals surface area contributed by atoms with E-state index >= 15 is 0 Å². The summed E-state index contributed by atoms with van der Waals surface area (Å²) in [5.41, 5.74) is 6.86. The summed E-state index contributed by atoms with van der Waals surface area (Å²) >= 11 is 0. The van der Waals surface area contributed by atoms with Crippen LogP contribution in [0.3, 0.4) is 0 Å². The van der Waals surface area contributed by atoms with E-state index in [0.717, 1.165) is 5.56 Å². The van der Waals surface area contributed by atoms with E-state index in [2.05, 4.69) is 4.99 Å². The molecule has 1 aromatic rings. The Balaban J connectivity index is 2.19. The third-order valence-corrected chi connectivity index (χ3v) is 4.60. The molecule has 0 aromatic heterocycles. The molecule has 0 saturated carbocycles. The third kappa shape index (κ3) is 6.40. The Morgan fingerprint density at radius 1 is 1.40 bits per heavy atom. The molecule has 2 amide bonds. The molecule has 8 nitrogen and oxygen atoms in total. The van der Waals surface area contributed by atoms with Crippen molar-refractivity contribution in [2.45, 2.75) is 46.3 Å². The van der Waals surface area contributed by atoms with Gasteiger partial charge in [0.05, 0.1) is 13.3 Å². The molecule has 1 saturated heterocycles. The number of aliphatic hydroxyl groups is 1. The number of carbonyl (C=O) groups excluding carboxylic acids is 2. The average molecular weight is 417 g/mol. The van der Waals surface area contributed by atoms with E-state index in [9.17, 15) is 14.7 Å². The van der Waals surface area contributed by atoms with Gasteiger partial charge in [0.25, 0.3) is 5.91 Å². The minimum absolute atomic E-state index is 0.0290. The van der Waals surface area contributed by atoms with E-state index in [1.165, 1.54) is 11.0 Å². The normalized spacial score (nSPS) is 18.4. The number of hydrogen-bond donors (Lipinski definition) is 2. The molecule has 1 atom stereocenters. The molecule has 1 aromatic carbocycles. The van der Waals surface area contributed by atoms with Crippen molar-refractivity contribution in [1.29, 1.82) is 0 Å². The minimum atomic E-state index is -0.723. The molecule has 30 heavy (non-hydrogen) atoms. The lowest BCUT2D eigenvalue weighted by Crippen LogP contribution is -2.38. The van der Waals surface area contributed by atoms with Crippen LogP contribution in [0.15, 0.2) is 41.1 Å². The summed E-state index contributed by atoms with van der Waals surface area (Å²) in [5, 5.41) is 10.1. The van der Waals surface area contributed by atoms with Crippen LogP contribution in [-0.4, -0.2) is 54.5 Å². The summed E-state index contributed by atoms with van der Waals surface area (Å²) in [7, 11) is 3.83. The molecule has 1 heterocycles. The molecular formula is C22H32N4O4. The van der Waals surface area contributed by atoms with Gasteiger partial charge in [-0.25, -0.2) is 0 Å². The average Bonchev–Trinajstić information content (AvgIpc) is 3.02. The Morgan fingerprint density at radius 2 is 2.10 bits per heavy atom. The van der Waals surface area contributed by atoms with E-state index in [1.54, 1.807) is 6.07 Å². The molecule has 0 radical (unpaired) electrons. The molecule has 8 heteroatoms. The summed E-state index contributed by atoms with van der Waals surface area (Å²) in [4.78, 5) is 32.5. The fourth-order valence-electron chi connectivity index (χ4n) is 2.97. The number of amides is 2. The van der Waals surface area contributed by atoms with Gasteiger partial charge in [-0.3, -0.25) is 19.4 Å². The topological polar surface area (TPSA) is 108 Å². The first-order valence-corrected chi connectivity index (χ1v) is 9.91. The molecule has 1 aliphatic rings. The largest absolute Gasteiger partial charge is 0.512 e. The van der Waals surface area contributed by atoms with Gasteiger partial charge in [-0.05, 0) is 38.2 Å². The van der Waals surface area contributed by atoms with E-state index in [1.807, 2.05) is 58.0 Å². The van der Waals surface area contributed by atoms with Crippen molar-refractivity contribution in [3.05, 3.63) is 41.7 Å². The van der Waals surface area contributed by atoms with Crippen molar-refractivity contribution in [3.8, 4) is 0 Å². The Kier molecular flexibility index (Phi) is 7.75. The van der Waals surface area contributed by atoms with Crippen LogP contribution in [0.4, 0.5) is 5.69 Å². The zero-order valence-corrected chi connectivity index (χ0v) is 18.4. The maximum absolute atomic E-state index is 12.7. The number of hydrogen-bond acceptors (Lipinski definition) is 5. The van der Waals surface area contributed by atoms with Crippen molar-refractivity contribution in [3.63, 3.8) is 0 Å². The van der Waals surface area contributed by atoms with Crippen molar-refractivity contribution < 1.29 is 19.4 Å². The number of nitrogens with two attached hydrogens (primary N) is 1. The first-order chi connectivity index (χ1) is 14.0. The summed E-state index contributed by atoms with van der Waals surface area (Å²) in [6.07, 6.45) is 1.91. The minimum Gasteiger partial charge on any atom is -0.512 e. The van der Waals surface area contributed by atoms with E-state index in [0.29, 0.717) is 25.4 Å². The van der Waals surface area contributed by atoms with Gasteiger partial charge in [-0.1, -0.05) is 32.9 Å². The van der Waals surface area contributed by atoms with Crippen molar-refractivity contribution in [2.75, 3.05) is 25.7 Å². The first kappa shape index (κ1) is 23.6. The molecule has 0 aliphatic carbocycles. The van der Waals surface area contributed by atoms with Crippen molar-refractivity contribution in [1.82, 2.24) is 4.90 Å². The summed E-state index contributed by atoms with van der Waals surface area (Å²) in [6.45, 7) is 6.34. The van der Waals surface area contributed by atoms with E-state index in [4.69, 9.17) is 10.5 Å². The molecule has 0 bridgehead atoms. The molecule has 3 N–H and O–H groups in total. The number of anilines is 1. The first-order valence-electron chi connectivity index (χ1n) is 9.91. The molecule has 0 unspecified atom stereocenters. The molecule has 0 spiro atoms. The smallest absolute Gasteiger partial charge is 0.270 e. The SMILES string of the molecule is CN(C)COCc1cccc(N2C(=O)CC[C@H]2C(=O)N=C(N)/C=C(\O)C(C)(C)C)c1. The number of nitrogens with zero attached hydrogens (tertiary/aromatic N) is 3. The molecule has 2 rings (SSSR count). The molecular weight excluding hydrogens is 384 g/mol. The maximum Gasteiger partial charge on any atom is 0.270 e. The van der Waals surface area contributed by atoms with E-state index in [-0.39, 0.29) is 23.9 Å². The van der Waals surface area contributed by atoms with E-state index < -0.39 is 17.4 Å². The summed E-state index contributed by atoms with van der Waals surface area (Å²) in [5.74, 6) is -0.703. The number of aliphatic hydroxyl groups excluding tert-OH is 1. The monoisotopic (exact) mass is 416 g/mol. The van der Waals surface area contributed by atoms with Crippen LogP contribution in [0.25, 0.3) is 0 Å². The zero-order chi connectivity index (χ0) is 22.5. The lowest BCUT2D eigenvalue weighted by Gasteiger charge is -2.23. The van der Waals surface area contributed by atoms with Gasteiger partial charge in [-0.15, -0.1) is 0 Å². The van der Waals surface area contributed by atoms with Crippen LogP contribution in [0.2, 0.25) is 0 Å². The predicted octanol–water partition coefficient (Wildman–Crippen LogP) is 2.59. The summed E-state index contributed by atoms with van der Waals surface area (Å²) in [6, 6.07) is 6.65. The van der Waals surface area contributed by atoms with Gasteiger partial charge in [0, 0.05) is 23.6 Å². The lowest BCUT2D eigenvalue weighted by molar-refractivity contribution is -0.121. The fraction of sp³-hybridized carbons (Fsp3) is 0.500. The highest BCUT2D eigenvalue weighted by molar-refractivity contribution is 6.08. The standard InChI is InChI=1S/C22H32N4O4/c1-22(2,3)18(27)12-19(23)24-21(29)17-9-10-20(28)26(17)16-8-6-7-15(11-16)13-30-14-25(4)5/h6-8,11-12,17,27H,9-10,13-14H2,1-5H3,(H2,23,24,29)/b18-12-/t17-/m0/s1. The van der Waals surface area contributed by atoms with Gasteiger partial charge in [0.1, 0.15) is 17.6 Å². The van der Waals surface area contributed by atoms with Gasteiger partial charge < -0.3 is 15.6 Å². The highest BCUT2D eigenvalue weighted by atomic mass is 16.5. The summed E-state index contributed by atoms with van der Waals surface area (Å²) < 4.78 is 5.60. The van der Waals surface area contributed by atoms with Crippen LogP contribution < -0.4 is 10.6 Å². The number of aliphatic imine (C=N–C) groups is 1. The number of rotatable bonds is 7. The maximum atomic E-state index is 12.7. The van der Waals surface area contributed by atoms with Gasteiger partial charge >= 0.3 is 0 Å². The Hall–Kier alpha value is -2.71. The Labute approximate surface area is 178 Å². The number of carbonyl (C=O) groups is 2. The van der Waals surface area contributed by atoms with Crippen LogP contribution >= 0.6 is 0 Å². The number of allylic oxidation sites excluding steroid dienone is 1. The van der Waals surface area contributed by atoms with Gasteiger partial charge in [0.2, 0.25) is 5.91 Å². The Bertz CT molecular complexity index is 840.